The van der Waals surface area contributed by atoms with Crippen molar-refractivity contribution in [2.75, 3.05) is 0 Å². The van der Waals surface area contributed by atoms with Crippen molar-refractivity contribution in [2.45, 2.75) is 47.6 Å². The minimum Gasteiger partial charge on any atom is -0.489 e. The molecular weight excluding hydrogens is 350 g/mol. The highest BCUT2D eigenvalue weighted by Gasteiger charge is 2.69. The van der Waals surface area contributed by atoms with Crippen LogP contribution in [0.15, 0.2) is 18.2 Å². The second kappa shape index (κ2) is 6.53. The molecule has 0 heterocycles. The monoisotopic (exact) mass is 373 g/mol. The maximum atomic E-state index is 12.4. The van der Waals surface area contributed by atoms with Crippen molar-refractivity contribution in [1.82, 2.24) is 0 Å². The van der Waals surface area contributed by atoms with E-state index < -0.39 is 11.4 Å². The van der Waals surface area contributed by atoms with Crippen molar-refractivity contribution in [3.8, 4) is 24.3 Å². The van der Waals surface area contributed by atoms with Crippen molar-refractivity contribution in [3.05, 3.63) is 28.8 Å². The van der Waals surface area contributed by atoms with E-state index in [0.29, 0.717) is 16.3 Å². The Balaban J connectivity index is 2.31. The van der Waals surface area contributed by atoms with Crippen molar-refractivity contribution in [2.24, 2.45) is 22.2 Å². The lowest BCUT2D eigenvalue weighted by Gasteiger charge is -2.67. The molecule has 1 fully saturated rings. The molecule has 0 N–H and O–H groups in total. The Labute approximate surface area is 160 Å². The Kier molecular flexibility index (Phi) is 5.06. The molecule has 1 aromatic rings. The number of ether oxygens (including phenoxy) is 2. The molecule has 4 nitrogen and oxygen atoms in total. The second-order valence-corrected chi connectivity index (χ2v) is 8.96. The first-order valence-corrected chi connectivity index (χ1v) is 8.81. The van der Waals surface area contributed by atoms with Gasteiger partial charge in [-0.25, -0.2) is 0 Å². The zero-order chi connectivity index (χ0) is 19.9. The van der Waals surface area contributed by atoms with Crippen LogP contribution >= 0.6 is 11.6 Å². The van der Waals surface area contributed by atoms with Crippen LogP contribution in [0.5, 0.6) is 5.75 Å². The maximum absolute atomic E-state index is 12.4. The average molecular weight is 374 g/mol. The van der Waals surface area contributed by atoms with Crippen LogP contribution in [-0.2, 0) is 9.53 Å². The second-order valence-electron chi connectivity index (χ2n) is 8.56. The lowest BCUT2D eigenvalue weighted by Crippen LogP contribution is -2.70. The highest BCUT2D eigenvalue weighted by Crippen LogP contribution is 2.66. The van der Waals surface area contributed by atoms with Crippen LogP contribution in [0.3, 0.4) is 0 Å². The summed E-state index contributed by atoms with van der Waals surface area (Å²) in [6.45, 7) is 12.0. The molecule has 0 aromatic heterocycles. The van der Waals surface area contributed by atoms with E-state index in [-0.39, 0.29) is 22.9 Å². The molecule has 1 aliphatic rings. The summed E-state index contributed by atoms with van der Waals surface area (Å²) < 4.78 is 11.1. The first kappa shape index (κ1) is 20.1. The van der Waals surface area contributed by atoms with Gasteiger partial charge in [0.05, 0.1) is 16.0 Å². The fraction of sp³-hybridized carbons (Fsp3) is 0.524. The molecule has 0 saturated heterocycles. The standard InChI is InChI=1S/C21H24ClNO3/c1-8-25-18(24)21(6,7)16-19(2,3)17(20(16,4)5)26-14-10-9-13(12-23)15(22)11-14/h1,9-11,16-17H,2-7H3. The van der Waals surface area contributed by atoms with E-state index >= 15 is 0 Å². The number of nitrogens with zero attached hydrogens (tertiary/aromatic N) is 1. The fourth-order valence-electron chi connectivity index (χ4n) is 5.39. The molecule has 5 heteroatoms. The zero-order valence-corrected chi connectivity index (χ0v) is 16.8. The van der Waals surface area contributed by atoms with Gasteiger partial charge in [0.2, 0.25) is 0 Å². The number of nitriles is 1. The number of carbonyl (C=O) groups excluding carboxylic acids is 1. The minimum absolute atomic E-state index is 0.0118. The van der Waals surface area contributed by atoms with Gasteiger partial charge in [-0.15, -0.1) is 0 Å². The molecule has 138 valence electrons. The third kappa shape index (κ3) is 3.04. The molecule has 2 rings (SSSR count). The summed E-state index contributed by atoms with van der Waals surface area (Å²) in [6.07, 6.45) is 6.96. The average Bonchev–Trinajstić information content (AvgIpc) is 2.51. The van der Waals surface area contributed by atoms with E-state index in [1.807, 2.05) is 26.0 Å². The van der Waals surface area contributed by atoms with Gasteiger partial charge in [-0.3, -0.25) is 4.79 Å². The zero-order valence-electron chi connectivity index (χ0n) is 16.0. The smallest absolute Gasteiger partial charge is 0.325 e. The van der Waals surface area contributed by atoms with Crippen molar-refractivity contribution >= 4 is 17.6 Å². The number of benzene rings is 1. The van der Waals surface area contributed by atoms with Crippen molar-refractivity contribution < 1.29 is 14.3 Å². The quantitative estimate of drug-likeness (QED) is 0.561. The highest BCUT2D eigenvalue weighted by atomic mass is 35.5. The van der Waals surface area contributed by atoms with E-state index in [1.54, 1.807) is 18.2 Å². The van der Waals surface area contributed by atoms with Crippen molar-refractivity contribution in [1.29, 1.82) is 5.26 Å². The van der Waals surface area contributed by atoms with E-state index in [9.17, 15) is 4.79 Å². The highest BCUT2D eigenvalue weighted by molar-refractivity contribution is 6.31. The third-order valence-electron chi connectivity index (χ3n) is 5.55. The third-order valence-corrected chi connectivity index (χ3v) is 5.87. The van der Waals surface area contributed by atoms with Crippen LogP contribution in [0, 0.1) is 46.0 Å². The summed E-state index contributed by atoms with van der Waals surface area (Å²) in [7, 11) is 0. The first-order chi connectivity index (χ1) is 11.9. The van der Waals surface area contributed by atoms with E-state index in [0.717, 1.165) is 0 Å². The number of hydrogen-bond acceptors (Lipinski definition) is 4. The number of carbonyl (C=O) groups is 1. The number of terminal acetylenes is 1. The van der Waals surface area contributed by atoms with Gasteiger partial charge in [-0.1, -0.05) is 45.7 Å². The normalized spacial score (nSPS) is 23.1. The molecule has 0 amide bonds. The van der Waals surface area contributed by atoms with Crippen LogP contribution in [0.25, 0.3) is 0 Å². The number of esters is 1. The first-order valence-electron chi connectivity index (χ1n) is 8.43. The molecule has 0 unspecified atom stereocenters. The Bertz CT molecular complexity index is 796. The molecule has 1 saturated carbocycles. The molecule has 0 spiro atoms. The van der Waals surface area contributed by atoms with Gasteiger partial charge < -0.3 is 9.47 Å². The lowest BCUT2D eigenvalue weighted by atomic mass is 9.39. The molecule has 26 heavy (non-hydrogen) atoms. The number of halogens is 1. The summed E-state index contributed by atoms with van der Waals surface area (Å²) >= 11 is 6.11. The van der Waals surface area contributed by atoms with Gasteiger partial charge >= 0.3 is 5.97 Å². The molecule has 0 bridgehead atoms. The van der Waals surface area contributed by atoms with Gasteiger partial charge in [-0.2, -0.15) is 5.26 Å². The Morgan fingerprint density at radius 1 is 1.27 bits per heavy atom. The lowest BCUT2D eigenvalue weighted by molar-refractivity contribution is -0.240. The Morgan fingerprint density at radius 3 is 2.31 bits per heavy atom. The SMILES string of the molecule is C#COC(=O)C(C)(C)C1C(C)(C)C(Oc2ccc(C#N)c(Cl)c2)C1(C)C. The minimum atomic E-state index is -0.762. The van der Waals surface area contributed by atoms with Gasteiger partial charge in [-0.05, 0) is 31.9 Å². The predicted molar refractivity (Wildman–Crippen MR) is 100 cm³/mol. The largest absolute Gasteiger partial charge is 0.489 e. The van der Waals surface area contributed by atoms with Crippen LogP contribution in [0.1, 0.15) is 47.1 Å². The van der Waals surface area contributed by atoms with Crippen LogP contribution in [-0.4, -0.2) is 12.1 Å². The Morgan fingerprint density at radius 2 is 1.85 bits per heavy atom. The maximum Gasteiger partial charge on any atom is 0.325 e. The topological polar surface area (TPSA) is 59.3 Å². The van der Waals surface area contributed by atoms with Gasteiger partial charge in [0.25, 0.3) is 0 Å². The molecule has 0 atom stereocenters. The summed E-state index contributed by atoms with van der Waals surface area (Å²) in [5, 5.41) is 9.36. The molecule has 1 aromatic carbocycles. The fourth-order valence-corrected chi connectivity index (χ4v) is 5.60. The molecule has 0 radical (unpaired) electrons. The van der Waals surface area contributed by atoms with Gasteiger partial charge in [0.1, 0.15) is 24.0 Å². The molecular formula is C21H24ClNO3. The van der Waals surface area contributed by atoms with Crippen LogP contribution in [0.2, 0.25) is 5.02 Å². The molecule has 0 aliphatic heterocycles. The summed E-state index contributed by atoms with van der Waals surface area (Å²) in [5.74, 6) is 0.177. The van der Waals surface area contributed by atoms with Gasteiger partial charge in [0, 0.05) is 16.9 Å². The van der Waals surface area contributed by atoms with E-state index in [2.05, 4.69) is 27.7 Å². The van der Waals surface area contributed by atoms with Crippen molar-refractivity contribution in [3.63, 3.8) is 0 Å². The summed E-state index contributed by atoms with van der Waals surface area (Å²) in [6, 6.07) is 7.06. The summed E-state index contributed by atoms with van der Waals surface area (Å²) in [4.78, 5) is 12.4. The summed E-state index contributed by atoms with van der Waals surface area (Å²) in [5.41, 5.74) is -0.967. The predicted octanol–water partition coefficient (Wildman–Crippen LogP) is 4.80. The van der Waals surface area contributed by atoms with Crippen LogP contribution < -0.4 is 4.74 Å². The van der Waals surface area contributed by atoms with E-state index in [4.69, 9.17) is 32.8 Å². The Hall–Kier alpha value is -2.17. The van der Waals surface area contributed by atoms with Crippen LogP contribution in [0.4, 0.5) is 0 Å². The van der Waals surface area contributed by atoms with E-state index in [1.165, 1.54) is 0 Å². The van der Waals surface area contributed by atoms with Gasteiger partial charge in [0.15, 0.2) is 0 Å². The number of rotatable bonds is 4. The molecule has 1 aliphatic carbocycles. The number of hydrogen-bond donors (Lipinski definition) is 0.